The summed E-state index contributed by atoms with van der Waals surface area (Å²) in [6.45, 7) is 1.65. The van der Waals surface area contributed by atoms with Gasteiger partial charge in [0.25, 0.3) is 10.0 Å². The summed E-state index contributed by atoms with van der Waals surface area (Å²) < 4.78 is 26.4. The Balaban J connectivity index is 2.15. The van der Waals surface area contributed by atoms with Gasteiger partial charge in [-0.1, -0.05) is 30.2 Å². The lowest BCUT2D eigenvalue weighted by molar-refractivity contribution is -0.120. The molecule has 0 aliphatic heterocycles. The van der Waals surface area contributed by atoms with Gasteiger partial charge >= 0.3 is 0 Å². The maximum absolute atomic E-state index is 12.2. The minimum atomic E-state index is -3.88. The van der Waals surface area contributed by atoms with Crippen LogP contribution in [0.15, 0.2) is 23.1 Å². The standard InChI is InChI=1S/C13H16ClNO3S/c1-9-4-2-7-11(14)13(9)19(17,18)15-12(16)8-10-5-3-6-10/h2,4,7,10H,3,5-6,8H2,1H3,(H,15,16). The number of aryl methyl sites for hydroxylation is 1. The van der Waals surface area contributed by atoms with E-state index in [0.29, 0.717) is 11.5 Å². The Morgan fingerprint density at radius 1 is 1.42 bits per heavy atom. The molecule has 1 aromatic carbocycles. The van der Waals surface area contributed by atoms with E-state index < -0.39 is 15.9 Å². The van der Waals surface area contributed by atoms with Crippen molar-refractivity contribution in [3.05, 3.63) is 28.8 Å². The van der Waals surface area contributed by atoms with Crippen LogP contribution in [-0.4, -0.2) is 14.3 Å². The third-order valence-electron chi connectivity index (χ3n) is 3.38. The van der Waals surface area contributed by atoms with E-state index in [1.807, 2.05) is 0 Å². The van der Waals surface area contributed by atoms with Crippen molar-refractivity contribution in [3.8, 4) is 0 Å². The molecule has 0 saturated heterocycles. The number of rotatable bonds is 4. The molecule has 19 heavy (non-hydrogen) atoms. The fourth-order valence-electron chi connectivity index (χ4n) is 2.16. The maximum atomic E-state index is 12.2. The molecule has 1 fully saturated rings. The fourth-order valence-corrected chi connectivity index (χ4v) is 3.99. The second kappa shape index (κ2) is 5.51. The zero-order valence-electron chi connectivity index (χ0n) is 10.6. The Kier molecular flexibility index (Phi) is 4.16. The minimum absolute atomic E-state index is 0.0152. The van der Waals surface area contributed by atoms with E-state index >= 15 is 0 Å². The second-order valence-electron chi connectivity index (χ2n) is 4.92. The van der Waals surface area contributed by atoms with Crippen molar-refractivity contribution < 1.29 is 13.2 Å². The Morgan fingerprint density at radius 3 is 2.63 bits per heavy atom. The van der Waals surface area contributed by atoms with Crippen LogP contribution >= 0.6 is 11.6 Å². The number of halogens is 1. The van der Waals surface area contributed by atoms with E-state index in [1.54, 1.807) is 19.1 Å². The van der Waals surface area contributed by atoms with Crippen LogP contribution in [-0.2, 0) is 14.8 Å². The minimum Gasteiger partial charge on any atom is -0.274 e. The van der Waals surface area contributed by atoms with Gasteiger partial charge in [0, 0.05) is 6.42 Å². The summed E-state index contributed by atoms with van der Waals surface area (Å²) in [5, 5.41) is 0.129. The molecule has 2 rings (SSSR count). The highest BCUT2D eigenvalue weighted by Gasteiger charge is 2.26. The lowest BCUT2D eigenvalue weighted by Gasteiger charge is -2.24. The Bertz CT molecular complexity index is 574. The topological polar surface area (TPSA) is 63.2 Å². The van der Waals surface area contributed by atoms with Crippen LogP contribution < -0.4 is 4.72 Å². The molecule has 0 bridgehead atoms. The number of hydrogen-bond donors (Lipinski definition) is 1. The van der Waals surface area contributed by atoms with Crippen molar-refractivity contribution in [2.75, 3.05) is 0 Å². The number of nitrogens with one attached hydrogen (secondary N) is 1. The molecule has 1 amide bonds. The predicted octanol–water partition coefficient (Wildman–Crippen LogP) is 2.64. The predicted molar refractivity (Wildman–Crippen MR) is 73.5 cm³/mol. The highest BCUT2D eigenvalue weighted by molar-refractivity contribution is 7.90. The van der Waals surface area contributed by atoms with Gasteiger partial charge in [-0.05, 0) is 37.3 Å². The molecule has 0 unspecified atom stereocenters. The summed E-state index contributed by atoms with van der Waals surface area (Å²) >= 11 is 5.91. The van der Waals surface area contributed by atoms with Crippen LogP contribution in [0.3, 0.4) is 0 Å². The molecular weight excluding hydrogens is 286 g/mol. The maximum Gasteiger partial charge on any atom is 0.265 e. The van der Waals surface area contributed by atoms with Gasteiger partial charge in [0.05, 0.1) is 5.02 Å². The van der Waals surface area contributed by atoms with Gasteiger partial charge in [0.15, 0.2) is 0 Å². The Hall–Kier alpha value is -1.07. The zero-order chi connectivity index (χ0) is 14.0. The van der Waals surface area contributed by atoms with E-state index in [1.165, 1.54) is 6.07 Å². The molecule has 6 heteroatoms. The molecule has 1 saturated carbocycles. The SMILES string of the molecule is Cc1cccc(Cl)c1S(=O)(=O)NC(=O)CC1CCC1. The number of amides is 1. The van der Waals surface area contributed by atoms with Crippen molar-refractivity contribution in [3.63, 3.8) is 0 Å². The van der Waals surface area contributed by atoms with Crippen LogP contribution in [0.2, 0.25) is 5.02 Å². The first-order valence-electron chi connectivity index (χ1n) is 6.21. The monoisotopic (exact) mass is 301 g/mol. The second-order valence-corrected chi connectivity index (χ2v) is 6.94. The first-order valence-corrected chi connectivity index (χ1v) is 8.07. The highest BCUT2D eigenvalue weighted by atomic mass is 35.5. The summed E-state index contributed by atoms with van der Waals surface area (Å²) in [6.07, 6.45) is 3.38. The van der Waals surface area contributed by atoms with E-state index in [0.717, 1.165) is 19.3 Å². The van der Waals surface area contributed by atoms with E-state index in [-0.39, 0.29) is 16.3 Å². The average Bonchev–Trinajstić information content (AvgIpc) is 2.22. The third-order valence-corrected chi connectivity index (χ3v) is 5.38. The molecule has 0 radical (unpaired) electrons. The van der Waals surface area contributed by atoms with Crippen molar-refractivity contribution in [2.24, 2.45) is 5.92 Å². The van der Waals surface area contributed by atoms with Crippen LogP contribution in [0.5, 0.6) is 0 Å². The van der Waals surface area contributed by atoms with Crippen molar-refractivity contribution in [2.45, 2.75) is 37.5 Å². The van der Waals surface area contributed by atoms with Gasteiger partial charge in [-0.3, -0.25) is 4.79 Å². The molecule has 1 N–H and O–H groups in total. The molecular formula is C13H16ClNO3S. The summed E-state index contributed by atoms with van der Waals surface area (Å²) in [7, 11) is -3.88. The van der Waals surface area contributed by atoms with Crippen molar-refractivity contribution in [1.82, 2.24) is 4.72 Å². The smallest absolute Gasteiger partial charge is 0.265 e. The molecule has 104 valence electrons. The largest absolute Gasteiger partial charge is 0.274 e. The van der Waals surface area contributed by atoms with Gasteiger partial charge < -0.3 is 0 Å². The number of sulfonamides is 1. The van der Waals surface area contributed by atoms with Gasteiger partial charge in [0.1, 0.15) is 4.90 Å². The van der Waals surface area contributed by atoms with Gasteiger partial charge in [-0.25, -0.2) is 13.1 Å². The van der Waals surface area contributed by atoms with E-state index in [2.05, 4.69) is 4.72 Å². The molecule has 0 heterocycles. The van der Waals surface area contributed by atoms with E-state index in [9.17, 15) is 13.2 Å². The van der Waals surface area contributed by atoms with Crippen molar-refractivity contribution in [1.29, 1.82) is 0 Å². The molecule has 0 atom stereocenters. The number of benzene rings is 1. The summed E-state index contributed by atoms with van der Waals surface area (Å²) in [4.78, 5) is 11.7. The lowest BCUT2D eigenvalue weighted by Crippen LogP contribution is -2.33. The summed E-state index contributed by atoms with van der Waals surface area (Å²) in [5.74, 6) is -0.133. The quantitative estimate of drug-likeness (QED) is 0.930. The third kappa shape index (κ3) is 3.28. The van der Waals surface area contributed by atoms with Crippen LogP contribution in [0.4, 0.5) is 0 Å². The number of carbonyl (C=O) groups excluding carboxylic acids is 1. The highest BCUT2D eigenvalue weighted by Crippen LogP contribution is 2.30. The van der Waals surface area contributed by atoms with Crippen molar-refractivity contribution >= 4 is 27.5 Å². The summed E-state index contributed by atoms with van der Waals surface area (Å²) in [5.41, 5.74) is 0.524. The first kappa shape index (κ1) is 14.3. The van der Waals surface area contributed by atoms with Gasteiger partial charge in [0.2, 0.25) is 5.91 Å². The van der Waals surface area contributed by atoms with Gasteiger partial charge in [-0.2, -0.15) is 0 Å². The molecule has 1 aliphatic rings. The van der Waals surface area contributed by atoms with E-state index in [4.69, 9.17) is 11.6 Å². The van der Waals surface area contributed by atoms with Crippen LogP contribution in [0.1, 0.15) is 31.2 Å². The Morgan fingerprint density at radius 2 is 2.11 bits per heavy atom. The average molecular weight is 302 g/mol. The number of hydrogen-bond acceptors (Lipinski definition) is 3. The molecule has 0 aromatic heterocycles. The molecule has 0 spiro atoms. The molecule has 4 nitrogen and oxygen atoms in total. The zero-order valence-corrected chi connectivity index (χ0v) is 12.2. The first-order chi connectivity index (χ1) is 8.90. The van der Waals surface area contributed by atoms with Crippen LogP contribution in [0, 0.1) is 12.8 Å². The normalized spacial score (nSPS) is 15.9. The lowest BCUT2D eigenvalue weighted by atomic mass is 9.83. The van der Waals surface area contributed by atoms with Gasteiger partial charge in [-0.15, -0.1) is 0 Å². The summed E-state index contributed by atoms with van der Waals surface area (Å²) in [6, 6.07) is 4.82. The number of carbonyl (C=O) groups is 1. The van der Waals surface area contributed by atoms with Crippen LogP contribution in [0.25, 0.3) is 0 Å². The molecule has 1 aliphatic carbocycles. The Labute approximate surface area is 118 Å². The fraction of sp³-hybridized carbons (Fsp3) is 0.462. The molecule has 1 aromatic rings.